The molecule has 1 aliphatic rings. The second-order valence-electron chi connectivity index (χ2n) is 10.2. The fraction of sp³-hybridized carbons (Fsp3) is 0.200. The van der Waals surface area contributed by atoms with Crippen LogP contribution in [0.15, 0.2) is 78.5 Å². The number of aliphatic hydroxyl groups excluding tert-OH is 1. The van der Waals surface area contributed by atoms with Crippen LogP contribution in [0.3, 0.4) is 0 Å². The molecule has 1 fully saturated rings. The van der Waals surface area contributed by atoms with E-state index in [-0.39, 0.29) is 22.4 Å². The largest absolute Gasteiger partial charge is 0.507 e. The van der Waals surface area contributed by atoms with E-state index in [1.54, 1.807) is 12.3 Å². The minimum Gasteiger partial charge on any atom is -0.507 e. The molecule has 0 spiro atoms. The highest BCUT2D eigenvalue weighted by molar-refractivity contribution is 6.52. The Bertz CT molecular complexity index is 1560. The number of hydrogen-bond acceptors (Lipinski definition) is 3. The number of carbonyl (C=O) groups excluding carboxylic acids is 2. The fourth-order valence-corrected chi connectivity index (χ4v) is 4.83. The van der Waals surface area contributed by atoms with E-state index in [0.29, 0.717) is 11.1 Å². The number of benzene rings is 3. The molecule has 0 radical (unpaired) electrons. The molecule has 1 unspecified atom stereocenters. The third-order valence-electron chi connectivity index (χ3n) is 6.81. The third-order valence-corrected chi connectivity index (χ3v) is 6.81. The first-order valence-electron chi connectivity index (χ1n) is 11.8. The van der Waals surface area contributed by atoms with Crippen molar-refractivity contribution in [3.8, 4) is 0 Å². The quantitative estimate of drug-likeness (QED) is 0.198. The molecule has 2 N–H and O–H groups in total. The number of anilines is 1. The Labute approximate surface area is 208 Å². The van der Waals surface area contributed by atoms with Crippen molar-refractivity contribution in [2.24, 2.45) is 0 Å². The summed E-state index contributed by atoms with van der Waals surface area (Å²) in [6.45, 7) is 8.05. The van der Waals surface area contributed by atoms with Gasteiger partial charge in [-0.1, -0.05) is 57.2 Å². The summed E-state index contributed by atoms with van der Waals surface area (Å²) in [5.41, 5.74) is 3.74. The molecule has 182 valence electrons. The summed E-state index contributed by atoms with van der Waals surface area (Å²) >= 11 is 0. The lowest BCUT2D eigenvalue weighted by molar-refractivity contribution is -0.132. The van der Waals surface area contributed by atoms with Crippen LogP contribution >= 0.6 is 0 Å². The van der Waals surface area contributed by atoms with Crippen molar-refractivity contribution >= 4 is 34.0 Å². The molecule has 2 heterocycles. The van der Waals surface area contributed by atoms with E-state index >= 15 is 0 Å². The van der Waals surface area contributed by atoms with Gasteiger partial charge in [-0.05, 0) is 53.8 Å². The maximum Gasteiger partial charge on any atom is 0.300 e. The van der Waals surface area contributed by atoms with Crippen molar-refractivity contribution in [3.63, 3.8) is 0 Å². The Morgan fingerprint density at radius 3 is 2.47 bits per heavy atom. The van der Waals surface area contributed by atoms with E-state index in [0.717, 1.165) is 22.0 Å². The Hall–Kier alpha value is -4.19. The number of aryl methyl sites for hydroxylation is 1. The number of H-pyrrole nitrogens is 1. The van der Waals surface area contributed by atoms with Crippen molar-refractivity contribution < 1.29 is 19.1 Å². The van der Waals surface area contributed by atoms with Gasteiger partial charge in [0, 0.05) is 33.9 Å². The smallest absolute Gasteiger partial charge is 0.300 e. The van der Waals surface area contributed by atoms with Gasteiger partial charge in [0.25, 0.3) is 11.7 Å². The summed E-state index contributed by atoms with van der Waals surface area (Å²) in [5.74, 6) is -2.40. The zero-order valence-corrected chi connectivity index (χ0v) is 20.6. The Morgan fingerprint density at radius 1 is 1.00 bits per heavy atom. The highest BCUT2D eigenvalue weighted by atomic mass is 19.1. The van der Waals surface area contributed by atoms with Crippen LogP contribution in [0, 0.1) is 12.7 Å². The number of ketones is 1. The van der Waals surface area contributed by atoms with Crippen LogP contribution < -0.4 is 4.90 Å². The van der Waals surface area contributed by atoms with E-state index in [1.165, 1.54) is 23.1 Å². The zero-order chi connectivity index (χ0) is 25.8. The number of nitrogens with zero attached hydrogens (tertiary/aromatic N) is 1. The molecule has 36 heavy (non-hydrogen) atoms. The van der Waals surface area contributed by atoms with Gasteiger partial charge >= 0.3 is 0 Å². The Morgan fingerprint density at radius 2 is 1.75 bits per heavy atom. The number of aromatic nitrogens is 1. The van der Waals surface area contributed by atoms with Crippen molar-refractivity contribution in [1.29, 1.82) is 0 Å². The van der Waals surface area contributed by atoms with E-state index in [4.69, 9.17) is 0 Å². The van der Waals surface area contributed by atoms with Gasteiger partial charge in [0.1, 0.15) is 11.6 Å². The van der Waals surface area contributed by atoms with E-state index < -0.39 is 23.5 Å². The van der Waals surface area contributed by atoms with Crippen molar-refractivity contribution in [1.82, 2.24) is 4.98 Å². The standard InChI is InChI=1S/C30H27FN2O3/c1-17-12-13-18(30(2,3)4)14-22(17)27(34)25-26(23-16-32-24-11-6-5-10-21(23)24)33(29(36)28(25)35)20-9-7-8-19(31)15-20/h5-16,26,32,34H,1-4H3/b27-25+. The lowest BCUT2D eigenvalue weighted by Gasteiger charge is -2.25. The molecule has 1 aliphatic heterocycles. The molecule has 0 bridgehead atoms. The van der Waals surface area contributed by atoms with Crippen molar-refractivity contribution in [2.45, 2.75) is 39.2 Å². The predicted octanol–water partition coefficient (Wildman–Crippen LogP) is 6.54. The third kappa shape index (κ3) is 3.79. The number of nitrogens with one attached hydrogen (secondary N) is 1. The first kappa shape index (κ1) is 23.5. The molecule has 1 aromatic heterocycles. The number of halogens is 1. The topological polar surface area (TPSA) is 73.4 Å². The molecule has 5 nitrogen and oxygen atoms in total. The number of Topliss-reactive ketones (excluding diaryl/α,β-unsaturated/α-hetero) is 1. The van der Waals surface area contributed by atoms with Crippen LogP contribution in [-0.4, -0.2) is 21.8 Å². The number of fused-ring (bicyclic) bond motifs is 1. The number of carbonyl (C=O) groups is 2. The summed E-state index contributed by atoms with van der Waals surface area (Å²) in [5, 5.41) is 12.4. The first-order chi connectivity index (χ1) is 17.1. The highest BCUT2D eigenvalue weighted by Gasteiger charge is 2.48. The molecule has 1 amide bonds. The molecule has 0 saturated carbocycles. The lowest BCUT2D eigenvalue weighted by atomic mass is 9.84. The normalized spacial score (nSPS) is 17.8. The van der Waals surface area contributed by atoms with E-state index in [9.17, 15) is 19.1 Å². The number of aromatic amines is 1. The van der Waals surface area contributed by atoms with Crippen LogP contribution in [-0.2, 0) is 15.0 Å². The van der Waals surface area contributed by atoms with Crippen LogP contribution in [0.25, 0.3) is 16.7 Å². The molecular formula is C30H27FN2O3. The van der Waals surface area contributed by atoms with Crippen LogP contribution in [0.1, 0.15) is 49.1 Å². The lowest BCUT2D eigenvalue weighted by Crippen LogP contribution is -2.29. The van der Waals surface area contributed by atoms with Gasteiger partial charge in [0.15, 0.2) is 0 Å². The summed E-state index contributed by atoms with van der Waals surface area (Å²) in [7, 11) is 0. The van der Waals surface area contributed by atoms with Gasteiger partial charge in [-0.3, -0.25) is 14.5 Å². The fourth-order valence-electron chi connectivity index (χ4n) is 4.83. The summed E-state index contributed by atoms with van der Waals surface area (Å²) in [6.07, 6.45) is 1.74. The molecule has 1 saturated heterocycles. The number of para-hydroxylation sites is 1. The van der Waals surface area contributed by atoms with Crippen LogP contribution in [0.5, 0.6) is 0 Å². The first-order valence-corrected chi connectivity index (χ1v) is 11.8. The van der Waals surface area contributed by atoms with E-state index in [2.05, 4.69) is 25.8 Å². The maximum atomic E-state index is 14.2. The van der Waals surface area contributed by atoms with E-state index in [1.807, 2.05) is 49.4 Å². The maximum absolute atomic E-state index is 14.2. The number of rotatable bonds is 3. The minimum absolute atomic E-state index is 0.0248. The molecule has 6 heteroatoms. The molecular weight excluding hydrogens is 455 g/mol. The average molecular weight is 483 g/mol. The van der Waals surface area contributed by atoms with Crippen molar-refractivity contribution in [3.05, 3.63) is 107 Å². The molecule has 0 aliphatic carbocycles. The predicted molar refractivity (Wildman–Crippen MR) is 139 cm³/mol. The molecule has 3 aromatic carbocycles. The highest BCUT2D eigenvalue weighted by Crippen LogP contribution is 2.44. The van der Waals surface area contributed by atoms with Gasteiger partial charge in [0.2, 0.25) is 0 Å². The number of amides is 1. The number of aliphatic hydroxyl groups is 1. The number of hydrogen-bond donors (Lipinski definition) is 2. The Kier molecular flexibility index (Phi) is 5.55. The summed E-state index contributed by atoms with van der Waals surface area (Å²) in [6, 6.07) is 17.9. The van der Waals surface area contributed by atoms with Gasteiger partial charge in [-0.2, -0.15) is 0 Å². The molecule has 4 aromatic rings. The second kappa shape index (κ2) is 8.48. The average Bonchev–Trinajstić information content (AvgIpc) is 3.37. The van der Waals surface area contributed by atoms with Crippen LogP contribution in [0.2, 0.25) is 0 Å². The van der Waals surface area contributed by atoms with Gasteiger partial charge in [-0.15, -0.1) is 0 Å². The molecule has 1 atom stereocenters. The van der Waals surface area contributed by atoms with Gasteiger partial charge < -0.3 is 10.1 Å². The van der Waals surface area contributed by atoms with Crippen LogP contribution in [0.4, 0.5) is 10.1 Å². The monoisotopic (exact) mass is 482 g/mol. The van der Waals surface area contributed by atoms with Gasteiger partial charge in [0.05, 0.1) is 11.6 Å². The van der Waals surface area contributed by atoms with Crippen molar-refractivity contribution in [2.75, 3.05) is 4.90 Å². The Balaban J connectivity index is 1.80. The molecule has 5 rings (SSSR count). The minimum atomic E-state index is -0.944. The summed E-state index contributed by atoms with van der Waals surface area (Å²) in [4.78, 5) is 31.4. The SMILES string of the molecule is Cc1ccc(C(C)(C)C)cc1/C(O)=C1\C(=O)C(=O)N(c2cccc(F)c2)C1c1c[nH]c2ccccc12. The second-order valence-corrected chi connectivity index (χ2v) is 10.2. The van der Waals surface area contributed by atoms with Gasteiger partial charge in [-0.25, -0.2) is 4.39 Å². The zero-order valence-electron chi connectivity index (χ0n) is 20.6. The summed E-state index contributed by atoms with van der Waals surface area (Å²) < 4.78 is 14.2.